The van der Waals surface area contributed by atoms with E-state index in [1.807, 2.05) is 48.7 Å². The van der Waals surface area contributed by atoms with Gasteiger partial charge in [0.15, 0.2) is 22.8 Å². The lowest BCUT2D eigenvalue weighted by Crippen LogP contribution is -2.08. The highest BCUT2D eigenvalue weighted by molar-refractivity contribution is 5.87. The number of halogens is 3. The highest BCUT2D eigenvalue weighted by Crippen LogP contribution is 2.31. The number of fused-ring (bicyclic) bond motifs is 1. The zero-order valence-electron chi connectivity index (χ0n) is 15.6. The fourth-order valence-corrected chi connectivity index (χ4v) is 2.90. The van der Waals surface area contributed by atoms with Crippen LogP contribution >= 0.6 is 0 Å². The standard InChI is InChI=1S/C20H17F3N6/c1-12(2)29-11-25-16-18(26-14-8-9-24-15(10-14)20(21,22)23)27-17(28-19(16)29)13-6-4-3-5-7-13/h3-12H,1-2H3,(H,24,26,27,28). The lowest BCUT2D eigenvalue weighted by atomic mass is 10.2. The van der Waals surface area contributed by atoms with Gasteiger partial charge in [-0.2, -0.15) is 13.2 Å². The van der Waals surface area contributed by atoms with Crippen molar-refractivity contribution >= 4 is 22.7 Å². The van der Waals surface area contributed by atoms with Crippen LogP contribution in [0.2, 0.25) is 0 Å². The molecule has 3 heterocycles. The Morgan fingerprint density at radius 3 is 2.45 bits per heavy atom. The number of nitrogens with one attached hydrogen (secondary N) is 1. The molecule has 148 valence electrons. The second-order valence-corrected chi connectivity index (χ2v) is 6.73. The fourth-order valence-electron chi connectivity index (χ4n) is 2.90. The maximum absolute atomic E-state index is 13.0. The molecule has 0 aliphatic rings. The van der Waals surface area contributed by atoms with Crippen LogP contribution in [0.3, 0.4) is 0 Å². The van der Waals surface area contributed by atoms with Crippen LogP contribution in [0.15, 0.2) is 55.0 Å². The van der Waals surface area contributed by atoms with E-state index in [2.05, 4.69) is 25.3 Å². The maximum atomic E-state index is 13.0. The summed E-state index contributed by atoms with van der Waals surface area (Å²) < 4.78 is 40.9. The van der Waals surface area contributed by atoms with E-state index in [0.717, 1.165) is 17.8 Å². The van der Waals surface area contributed by atoms with Gasteiger partial charge >= 0.3 is 6.18 Å². The van der Waals surface area contributed by atoms with Gasteiger partial charge in [-0.15, -0.1) is 0 Å². The number of aromatic nitrogens is 5. The van der Waals surface area contributed by atoms with E-state index in [1.165, 1.54) is 6.07 Å². The van der Waals surface area contributed by atoms with Crippen LogP contribution in [-0.2, 0) is 6.18 Å². The summed E-state index contributed by atoms with van der Waals surface area (Å²) in [5.41, 5.74) is 1.10. The van der Waals surface area contributed by atoms with Crippen LogP contribution in [0.4, 0.5) is 24.7 Å². The minimum Gasteiger partial charge on any atom is -0.338 e. The van der Waals surface area contributed by atoms with Gasteiger partial charge in [0.1, 0.15) is 5.69 Å². The number of pyridine rings is 1. The first kappa shape index (κ1) is 18.9. The lowest BCUT2D eigenvalue weighted by molar-refractivity contribution is -0.141. The lowest BCUT2D eigenvalue weighted by Gasteiger charge is -2.12. The third kappa shape index (κ3) is 3.75. The van der Waals surface area contributed by atoms with Crippen LogP contribution < -0.4 is 5.32 Å². The minimum atomic E-state index is -4.53. The Morgan fingerprint density at radius 1 is 1.00 bits per heavy atom. The smallest absolute Gasteiger partial charge is 0.338 e. The third-order valence-electron chi connectivity index (χ3n) is 4.32. The van der Waals surface area contributed by atoms with E-state index < -0.39 is 11.9 Å². The van der Waals surface area contributed by atoms with Gasteiger partial charge < -0.3 is 9.88 Å². The Hall–Kier alpha value is -3.49. The molecule has 4 aromatic rings. The molecule has 0 aliphatic carbocycles. The molecule has 0 radical (unpaired) electrons. The minimum absolute atomic E-state index is 0.101. The number of anilines is 2. The topological polar surface area (TPSA) is 68.5 Å². The molecule has 0 amide bonds. The molecule has 0 unspecified atom stereocenters. The van der Waals surface area contributed by atoms with Crippen molar-refractivity contribution in [2.45, 2.75) is 26.1 Å². The Bertz CT molecular complexity index is 1150. The van der Waals surface area contributed by atoms with E-state index in [9.17, 15) is 13.2 Å². The van der Waals surface area contributed by atoms with Gasteiger partial charge in [-0.1, -0.05) is 30.3 Å². The summed E-state index contributed by atoms with van der Waals surface area (Å²) in [7, 11) is 0. The first-order chi connectivity index (χ1) is 13.8. The van der Waals surface area contributed by atoms with Crippen molar-refractivity contribution in [3.63, 3.8) is 0 Å². The molecule has 0 aliphatic heterocycles. The molecule has 9 heteroatoms. The second kappa shape index (κ2) is 7.16. The number of hydrogen-bond donors (Lipinski definition) is 1. The van der Waals surface area contributed by atoms with E-state index in [0.29, 0.717) is 22.8 Å². The largest absolute Gasteiger partial charge is 0.433 e. The van der Waals surface area contributed by atoms with Gasteiger partial charge in [-0.25, -0.2) is 15.0 Å². The van der Waals surface area contributed by atoms with Crippen LogP contribution in [-0.4, -0.2) is 24.5 Å². The van der Waals surface area contributed by atoms with Gasteiger partial charge in [0.2, 0.25) is 0 Å². The van der Waals surface area contributed by atoms with E-state index >= 15 is 0 Å². The molecule has 0 atom stereocenters. The van der Waals surface area contributed by atoms with Gasteiger partial charge in [0.25, 0.3) is 0 Å². The Balaban J connectivity index is 1.85. The summed E-state index contributed by atoms with van der Waals surface area (Å²) in [5.74, 6) is 0.778. The molecular formula is C20H17F3N6. The number of alkyl halides is 3. The van der Waals surface area contributed by atoms with E-state index in [1.54, 1.807) is 6.33 Å². The van der Waals surface area contributed by atoms with Crippen molar-refractivity contribution in [3.8, 4) is 11.4 Å². The zero-order valence-corrected chi connectivity index (χ0v) is 15.6. The maximum Gasteiger partial charge on any atom is 0.433 e. The van der Waals surface area contributed by atoms with Gasteiger partial charge in [0.05, 0.1) is 6.33 Å². The summed E-state index contributed by atoms with van der Waals surface area (Å²) in [4.78, 5) is 16.9. The monoisotopic (exact) mass is 398 g/mol. The summed E-state index contributed by atoms with van der Waals surface area (Å²) in [6.07, 6.45) is -1.78. The molecule has 0 saturated heterocycles. The number of imidazole rings is 1. The highest BCUT2D eigenvalue weighted by Gasteiger charge is 2.32. The van der Waals surface area contributed by atoms with Crippen LogP contribution in [0, 0.1) is 0 Å². The van der Waals surface area contributed by atoms with E-state index in [-0.39, 0.29) is 11.7 Å². The van der Waals surface area contributed by atoms with Crippen molar-refractivity contribution in [1.82, 2.24) is 24.5 Å². The molecule has 1 N–H and O–H groups in total. The number of benzene rings is 1. The van der Waals surface area contributed by atoms with E-state index in [4.69, 9.17) is 0 Å². The summed E-state index contributed by atoms with van der Waals surface area (Å²) in [6, 6.07) is 11.9. The van der Waals surface area contributed by atoms with Crippen molar-refractivity contribution in [3.05, 3.63) is 60.7 Å². The molecule has 0 bridgehead atoms. The van der Waals surface area contributed by atoms with Crippen molar-refractivity contribution < 1.29 is 13.2 Å². The first-order valence-corrected chi connectivity index (χ1v) is 8.93. The molecular weight excluding hydrogens is 381 g/mol. The molecule has 3 aromatic heterocycles. The molecule has 4 rings (SSSR count). The van der Waals surface area contributed by atoms with Gasteiger partial charge in [-0.3, -0.25) is 4.98 Å². The predicted octanol–water partition coefficient (Wildman–Crippen LogP) is 5.23. The van der Waals surface area contributed by atoms with Crippen molar-refractivity contribution in [2.24, 2.45) is 0 Å². The number of nitrogens with zero attached hydrogens (tertiary/aromatic N) is 5. The Morgan fingerprint density at radius 2 is 1.76 bits per heavy atom. The normalized spacial score (nSPS) is 11.9. The fraction of sp³-hybridized carbons (Fsp3) is 0.200. The Kier molecular flexibility index (Phi) is 4.65. The molecule has 6 nitrogen and oxygen atoms in total. The van der Waals surface area contributed by atoms with Crippen molar-refractivity contribution in [2.75, 3.05) is 5.32 Å². The predicted molar refractivity (Wildman–Crippen MR) is 104 cm³/mol. The first-order valence-electron chi connectivity index (χ1n) is 8.93. The quantitative estimate of drug-likeness (QED) is 0.510. The summed E-state index contributed by atoms with van der Waals surface area (Å²) >= 11 is 0. The zero-order chi connectivity index (χ0) is 20.6. The molecule has 1 aromatic carbocycles. The average Bonchev–Trinajstić information content (AvgIpc) is 3.13. The average molecular weight is 398 g/mol. The summed E-state index contributed by atoms with van der Waals surface area (Å²) in [6.45, 7) is 3.99. The molecule has 29 heavy (non-hydrogen) atoms. The highest BCUT2D eigenvalue weighted by atomic mass is 19.4. The molecule has 0 fully saturated rings. The van der Waals surface area contributed by atoms with Crippen LogP contribution in [0.5, 0.6) is 0 Å². The van der Waals surface area contributed by atoms with Crippen LogP contribution in [0.25, 0.3) is 22.6 Å². The Labute approximate surface area is 164 Å². The van der Waals surface area contributed by atoms with Gasteiger partial charge in [-0.05, 0) is 26.0 Å². The number of hydrogen-bond acceptors (Lipinski definition) is 5. The number of rotatable bonds is 4. The summed E-state index contributed by atoms with van der Waals surface area (Å²) in [5, 5.41) is 2.95. The molecule has 0 saturated carbocycles. The van der Waals surface area contributed by atoms with Crippen LogP contribution in [0.1, 0.15) is 25.6 Å². The van der Waals surface area contributed by atoms with Gasteiger partial charge in [0, 0.05) is 23.5 Å². The SMILES string of the molecule is CC(C)n1cnc2c(Nc3ccnc(C(F)(F)F)c3)nc(-c3ccccc3)nc21. The second-order valence-electron chi connectivity index (χ2n) is 6.73. The van der Waals surface area contributed by atoms with Crippen molar-refractivity contribution in [1.29, 1.82) is 0 Å². The third-order valence-corrected chi connectivity index (χ3v) is 4.32. The molecule has 0 spiro atoms.